The minimum atomic E-state index is -0.492. The van der Waals surface area contributed by atoms with Crippen molar-refractivity contribution in [2.24, 2.45) is 0 Å². The third-order valence-electron chi connectivity index (χ3n) is 4.32. The largest absolute Gasteiger partial charge is 0.318 e. The summed E-state index contributed by atoms with van der Waals surface area (Å²) in [5, 5.41) is 20.5. The second kappa shape index (κ2) is 7.26. The van der Waals surface area contributed by atoms with Crippen LogP contribution in [0.4, 0.5) is 10.1 Å². The minimum absolute atomic E-state index is 0.0705. The summed E-state index contributed by atoms with van der Waals surface area (Å²) in [6.45, 7) is 3.78. The van der Waals surface area contributed by atoms with Crippen molar-refractivity contribution in [1.29, 1.82) is 5.26 Å². The number of hydrogen-bond donors (Lipinski definition) is 0. The molecular weight excluding hydrogens is 345 g/mol. The first-order valence-corrected chi connectivity index (χ1v) is 8.22. The van der Waals surface area contributed by atoms with Crippen LogP contribution in [0.2, 0.25) is 0 Å². The van der Waals surface area contributed by atoms with Crippen molar-refractivity contribution in [2.75, 3.05) is 0 Å². The molecule has 2 aromatic carbocycles. The van der Waals surface area contributed by atoms with Crippen LogP contribution in [0.15, 0.2) is 54.6 Å². The second-order valence-corrected chi connectivity index (χ2v) is 6.12. The molecule has 0 N–H and O–H groups in total. The molecule has 3 rings (SSSR count). The van der Waals surface area contributed by atoms with Gasteiger partial charge in [-0.3, -0.25) is 10.1 Å². The third-order valence-corrected chi connectivity index (χ3v) is 4.32. The molecule has 1 aromatic heterocycles. The number of benzene rings is 2. The molecule has 0 saturated carbocycles. The van der Waals surface area contributed by atoms with Crippen LogP contribution in [-0.4, -0.2) is 9.49 Å². The molecule has 27 heavy (non-hydrogen) atoms. The maximum Gasteiger partial charge on any atom is 0.270 e. The Morgan fingerprint density at radius 1 is 1.19 bits per heavy atom. The SMILES string of the molecule is Cc1cc(C=C(C#N)c2cccc([N+](=O)[O-])c2)c(C)n1-c1cccc(F)c1. The lowest BCUT2D eigenvalue weighted by Crippen LogP contribution is -1.99. The molecule has 0 aliphatic rings. The summed E-state index contributed by atoms with van der Waals surface area (Å²) in [5.41, 5.74) is 3.94. The van der Waals surface area contributed by atoms with Crippen molar-refractivity contribution in [3.05, 3.63) is 93.0 Å². The Kier molecular flexibility index (Phi) is 4.86. The average molecular weight is 361 g/mol. The van der Waals surface area contributed by atoms with Gasteiger partial charge in [0, 0.05) is 29.2 Å². The average Bonchev–Trinajstić information content (AvgIpc) is 2.93. The van der Waals surface area contributed by atoms with E-state index < -0.39 is 4.92 Å². The Hall–Kier alpha value is -3.72. The standard InChI is InChI=1S/C21H16FN3O2/c1-14-9-17(15(2)24(14)20-7-4-6-19(22)12-20)10-18(13-23)16-5-3-8-21(11-16)25(26)27/h3-12H,1-2H3. The van der Waals surface area contributed by atoms with Crippen molar-refractivity contribution < 1.29 is 9.31 Å². The van der Waals surface area contributed by atoms with E-state index in [0.717, 1.165) is 17.0 Å². The number of nitrogens with zero attached hydrogens (tertiary/aromatic N) is 3. The zero-order chi connectivity index (χ0) is 19.6. The number of nitro groups is 1. The van der Waals surface area contributed by atoms with Crippen molar-refractivity contribution in [2.45, 2.75) is 13.8 Å². The summed E-state index contributed by atoms with van der Waals surface area (Å²) in [7, 11) is 0. The molecule has 0 atom stereocenters. The van der Waals surface area contributed by atoms with Crippen molar-refractivity contribution in [1.82, 2.24) is 4.57 Å². The fraction of sp³-hybridized carbons (Fsp3) is 0.0952. The van der Waals surface area contributed by atoms with E-state index in [1.54, 1.807) is 24.3 Å². The van der Waals surface area contributed by atoms with Crippen LogP contribution in [0.5, 0.6) is 0 Å². The number of halogens is 1. The van der Waals surface area contributed by atoms with Gasteiger partial charge in [0.15, 0.2) is 0 Å². The first kappa shape index (κ1) is 18.1. The Morgan fingerprint density at radius 3 is 2.59 bits per heavy atom. The van der Waals surface area contributed by atoms with Gasteiger partial charge in [-0.15, -0.1) is 0 Å². The van der Waals surface area contributed by atoms with Gasteiger partial charge >= 0.3 is 0 Å². The number of aryl methyl sites for hydroxylation is 1. The smallest absolute Gasteiger partial charge is 0.270 e. The molecule has 3 aromatic rings. The van der Waals surface area contributed by atoms with E-state index >= 15 is 0 Å². The molecule has 1 heterocycles. The van der Waals surface area contributed by atoms with Crippen LogP contribution < -0.4 is 0 Å². The molecule has 0 unspecified atom stereocenters. The quantitative estimate of drug-likeness (QED) is 0.364. The van der Waals surface area contributed by atoms with Crippen LogP contribution in [0, 0.1) is 41.1 Å². The molecule has 0 aliphatic heterocycles. The van der Waals surface area contributed by atoms with Crippen LogP contribution in [0.1, 0.15) is 22.5 Å². The van der Waals surface area contributed by atoms with E-state index in [1.807, 2.05) is 30.5 Å². The van der Waals surface area contributed by atoms with Crippen molar-refractivity contribution in [3.63, 3.8) is 0 Å². The maximum atomic E-state index is 13.6. The zero-order valence-electron chi connectivity index (χ0n) is 14.8. The van der Waals surface area contributed by atoms with E-state index in [-0.39, 0.29) is 11.5 Å². The Bertz CT molecular complexity index is 1110. The molecule has 0 aliphatic carbocycles. The van der Waals surface area contributed by atoms with Crippen molar-refractivity contribution >= 4 is 17.3 Å². The van der Waals surface area contributed by atoms with Crippen LogP contribution in [0.25, 0.3) is 17.3 Å². The van der Waals surface area contributed by atoms with Gasteiger partial charge in [-0.05, 0) is 55.3 Å². The normalized spacial score (nSPS) is 11.3. The number of nitriles is 1. The number of rotatable bonds is 4. The minimum Gasteiger partial charge on any atom is -0.318 e. The number of nitro benzene ring substituents is 1. The number of allylic oxidation sites excluding steroid dienone is 1. The molecular formula is C21H16FN3O2. The molecule has 0 spiro atoms. The number of aromatic nitrogens is 1. The number of non-ortho nitro benzene ring substituents is 1. The van der Waals surface area contributed by atoms with Gasteiger partial charge in [0.05, 0.1) is 16.6 Å². The van der Waals surface area contributed by atoms with E-state index in [2.05, 4.69) is 6.07 Å². The zero-order valence-corrected chi connectivity index (χ0v) is 14.8. The Morgan fingerprint density at radius 2 is 1.93 bits per heavy atom. The van der Waals surface area contributed by atoms with Gasteiger partial charge in [-0.25, -0.2) is 4.39 Å². The topological polar surface area (TPSA) is 71.9 Å². The Labute approximate surface area is 155 Å². The molecule has 6 heteroatoms. The lowest BCUT2D eigenvalue weighted by molar-refractivity contribution is -0.384. The lowest BCUT2D eigenvalue weighted by atomic mass is 10.0. The molecule has 5 nitrogen and oxygen atoms in total. The predicted octanol–water partition coefficient (Wildman–Crippen LogP) is 5.21. The maximum absolute atomic E-state index is 13.6. The fourth-order valence-electron chi connectivity index (χ4n) is 3.07. The van der Waals surface area contributed by atoms with Gasteiger partial charge in [0.25, 0.3) is 5.69 Å². The molecule has 0 saturated heterocycles. The summed E-state index contributed by atoms with van der Waals surface area (Å²) in [4.78, 5) is 10.5. The summed E-state index contributed by atoms with van der Waals surface area (Å²) in [6.07, 6.45) is 1.69. The van der Waals surface area contributed by atoms with Gasteiger partial charge in [-0.1, -0.05) is 18.2 Å². The van der Waals surface area contributed by atoms with E-state index in [9.17, 15) is 19.8 Å². The summed E-state index contributed by atoms with van der Waals surface area (Å²) in [6, 6.07) is 16.3. The third kappa shape index (κ3) is 3.62. The highest BCUT2D eigenvalue weighted by molar-refractivity contribution is 5.90. The van der Waals surface area contributed by atoms with Crippen LogP contribution in [-0.2, 0) is 0 Å². The van der Waals surface area contributed by atoms with E-state index in [0.29, 0.717) is 16.8 Å². The van der Waals surface area contributed by atoms with Crippen molar-refractivity contribution in [3.8, 4) is 11.8 Å². The highest BCUT2D eigenvalue weighted by atomic mass is 19.1. The summed E-state index contributed by atoms with van der Waals surface area (Å²) >= 11 is 0. The van der Waals surface area contributed by atoms with Crippen LogP contribution >= 0.6 is 0 Å². The lowest BCUT2D eigenvalue weighted by Gasteiger charge is -2.09. The fourth-order valence-corrected chi connectivity index (χ4v) is 3.07. The predicted molar refractivity (Wildman–Crippen MR) is 102 cm³/mol. The van der Waals surface area contributed by atoms with Gasteiger partial charge in [0.1, 0.15) is 5.82 Å². The first-order valence-electron chi connectivity index (χ1n) is 8.22. The summed E-state index contributed by atoms with van der Waals surface area (Å²) < 4.78 is 15.5. The van der Waals surface area contributed by atoms with Gasteiger partial charge < -0.3 is 4.57 Å². The van der Waals surface area contributed by atoms with E-state index in [4.69, 9.17) is 0 Å². The Balaban J connectivity index is 2.09. The van der Waals surface area contributed by atoms with Crippen LogP contribution in [0.3, 0.4) is 0 Å². The van der Waals surface area contributed by atoms with E-state index in [1.165, 1.54) is 24.3 Å². The monoisotopic (exact) mass is 361 g/mol. The second-order valence-electron chi connectivity index (χ2n) is 6.12. The van der Waals surface area contributed by atoms with Gasteiger partial charge in [-0.2, -0.15) is 5.26 Å². The van der Waals surface area contributed by atoms with Gasteiger partial charge in [0.2, 0.25) is 0 Å². The molecule has 0 bridgehead atoms. The summed E-state index contributed by atoms with van der Waals surface area (Å²) in [5.74, 6) is -0.327. The highest BCUT2D eigenvalue weighted by Gasteiger charge is 2.13. The molecule has 0 amide bonds. The molecule has 0 fully saturated rings. The molecule has 134 valence electrons. The number of hydrogen-bond acceptors (Lipinski definition) is 3. The highest BCUT2D eigenvalue weighted by Crippen LogP contribution is 2.27. The first-order chi connectivity index (χ1) is 12.9. The molecule has 0 radical (unpaired) electrons.